The number of fused-ring (bicyclic) bond motifs is 5. The van der Waals surface area contributed by atoms with Gasteiger partial charge in [0.15, 0.2) is 0 Å². The molecule has 156 valence electrons. The Morgan fingerprint density at radius 1 is 1.03 bits per heavy atom. The molecule has 0 spiro atoms. The van der Waals surface area contributed by atoms with Crippen LogP contribution in [0.3, 0.4) is 0 Å². The third-order valence-corrected chi connectivity index (χ3v) is 6.53. The van der Waals surface area contributed by atoms with Crippen LogP contribution in [0.2, 0.25) is 0 Å². The number of nitrogens with zero attached hydrogens (tertiary/aromatic N) is 2. The molecule has 5 rings (SSSR count). The zero-order valence-electron chi connectivity index (χ0n) is 16.6. The second-order valence-electron chi connectivity index (χ2n) is 8.27. The Balaban J connectivity index is 1.33. The van der Waals surface area contributed by atoms with E-state index in [9.17, 15) is 24.5 Å². The number of amides is 3. The van der Waals surface area contributed by atoms with Gasteiger partial charge in [0.2, 0.25) is 11.8 Å². The SMILES string of the molecule is Cc1cc([N+](=O)[O-])ccc1NC(=O)c1ccc(N2C(=O)[C@@H]3[C@@H](C2=O)[C@H]2C=C[C@H]3C2)cc1. The number of rotatable bonds is 4. The lowest BCUT2D eigenvalue weighted by Gasteiger charge is -2.17. The van der Waals surface area contributed by atoms with Gasteiger partial charge in [-0.15, -0.1) is 0 Å². The van der Waals surface area contributed by atoms with Crippen molar-refractivity contribution in [3.05, 3.63) is 75.9 Å². The number of anilines is 2. The zero-order valence-corrected chi connectivity index (χ0v) is 16.6. The molecule has 8 nitrogen and oxygen atoms in total. The first-order valence-corrected chi connectivity index (χ1v) is 10.1. The van der Waals surface area contributed by atoms with Crippen LogP contribution in [-0.4, -0.2) is 22.6 Å². The molecule has 1 saturated heterocycles. The van der Waals surface area contributed by atoms with Crippen molar-refractivity contribution in [2.75, 3.05) is 10.2 Å². The van der Waals surface area contributed by atoms with Gasteiger partial charge in [0.25, 0.3) is 11.6 Å². The van der Waals surface area contributed by atoms with E-state index in [2.05, 4.69) is 5.32 Å². The Hall–Kier alpha value is -3.81. The smallest absolute Gasteiger partial charge is 0.269 e. The van der Waals surface area contributed by atoms with E-state index in [-0.39, 0.29) is 47.1 Å². The highest BCUT2D eigenvalue weighted by Crippen LogP contribution is 2.53. The highest BCUT2D eigenvalue weighted by atomic mass is 16.6. The molecular weight excluding hydrogens is 398 g/mol. The molecule has 3 amide bonds. The van der Waals surface area contributed by atoms with Crippen LogP contribution in [0.5, 0.6) is 0 Å². The molecule has 4 atom stereocenters. The lowest BCUT2D eigenvalue weighted by atomic mass is 9.85. The second kappa shape index (κ2) is 6.87. The third-order valence-electron chi connectivity index (χ3n) is 6.53. The van der Waals surface area contributed by atoms with Crippen molar-refractivity contribution in [3.63, 3.8) is 0 Å². The van der Waals surface area contributed by atoms with Crippen molar-refractivity contribution in [3.8, 4) is 0 Å². The van der Waals surface area contributed by atoms with E-state index in [0.29, 0.717) is 22.5 Å². The van der Waals surface area contributed by atoms with E-state index in [1.165, 1.54) is 23.1 Å². The largest absolute Gasteiger partial charge is 0.322 e. The van der Waals surface area contributed by atoms with Crippen molar-refractivity contribution in [2.24, 2.45) is 23.7 Å². The molecule has 1 heterocycles. The fourth-order valence-corrected chi connectivity index (χ4v) is 5.01. The summed E-state index contributed by atoms with van der Waals surface area (Å²) >= 11 is 0. The number of allylic oxidation sites excluding steroid dienone is 2. The van der Waals surface area contributed by atoms with Crippen LogP contribution in [0.15, 0.2) is 54.6 Å². The lowest BCUT2D eigenvalue weighted by Crippen LogP contribution is -2.32. The molecule has 3 aliphatic rings. The van der Waals surface area contributed by atoms with Gasteiger partial charge in [-0.2, -0.15) is 0 Å². The van der Waals surface area contributed by atoms with Gasteiger partial charge in [0.1, 0.15) is 0 Å². The summed E-state index contributed by atoms with van der Waals surface area (Å²) in [4.78, 5) is 50.0. The molecule has 0 radical (unpaired) electrons. The van der Waals surface area contributed by atoms with Gasteiger partial charge in [-0.05, 0) is 61.1 Å². The number of benzene rings is 2. The summed E-state index contributed by atoms with van der Waals surface area (Å²) in [6.07, 6.45) is 4.98. The molecule has 31 heavy (non-hydrogen) atoms. The summed E-state index contributed by atoms with van der Waals surface area (Å²) < 4.78 is 0. The Morgan fingerprint density at radius 2 is 1.65 bits per heavy atom. The zero-order chi connectivity index (χ0) is 21.9. The number of nitrogens with one attached hydrogen (secondary N) is 1. The normalized spacial score (nSPS) is 25.8. The van der Waals surface area contributed by atoms with Crippen LogP contribution in [0, 0.1) is 40.7 Å². The quantitative estimate of drug-likeness (QED) is 0.355. The van der Waals surface area contributed by atoms with Gasteiger partial charge >= 0.3 is 0 Å². The van der Waals surface area contributed by atoms with E-state index in [4.69, 9.17) is 0 Å². The van der Waals surface area contributed by atoms with Crippen LogP contribution < -0.4 is 10.2 Å². The summed E-state index contributed by atoms with van der Waals surface area (Å²) in [6, 6.07) is 10.5. The first kappa shape index (κ1) is 19.2. The number of carbonyl (C=O) groups is 3. The molecule has 2 aliphatic carbocycles. The molecule has 8 heteroatoms. The maximum absolute atomic E-state index is 12.9. The molecule has 2 bridgehead atoms. The van der Waals surface area contributed by atoms with Gasteiger partial charge in [-0.3, -0.25) is 29.4 Å². The van der Waals surface area contributed by atoms with E-state index in [0.717, 1.165) is 6.42 Å². The minimum absolute atomic E-state index is 0.0480. The van der Waals surface area contributed by atoms with E-state index >= 15 is 0 Å². The van der Waals surface area contributed by atoms with Gasteiger partial charge in [0.05, 0.1) is 22.4 Å². The number of imide groups is 1. The van der Waals surface area contributed by atoms with Crippen LogP contribution in [-0.2, 0) is 9.59 Å². The van der Waals surface area contributed by atoms with Gasteiger partial charge in [-0.25, -0.2) is 0 Å². The van der Waals surface area contributed by atoms with Crippen LogP contribution in [0.1, 0.15) is 22.3 Å². The predicted molar refractivity (Wildman–Crippen MR) is 112 cm³/mol. The number of non-ortho nitro benzene ring substituents is 1. The number of hydrogen-bond donors (Lipinski definition) is 1. The van der Waals surface area contributed by atoms with Crippen molar-refractivity contribution in [1.29, 1.82) is 0 Å². The average molecular weight is 417 g/mol. The maximum atomic E-state index is 12.9. The summed E-state index contributed by atoms with van der Waals surface area (Å²) in [5.74, 6) is -0.957. The first-order chi connectivity index (χ1) is 14.8. The molecule has 2 fully saturated rings. The number of aryl methyl sites for hydroxylation is 1. The second-order valence-corrected chi connectivity index (χ2v) is 8.27. The average Bonchev–Trinajstić information content (AvgIpc) is 3.43. The Labute approximate surface area is 177 Å². The molecule has 2 aromatic rings. The monoisotopic (exact) mass is 417 g/mol. The van der Waals surface area contributed by atoms with Crippen molar-refractivity contribution < 1.29 is 19.3 Å². The minimum Gasteiger partial charge on any atom is -0.322 e. The molecule has 2 aromatic carbocycles. The van der Waals surface area contributed by atoms with E-state index < -0.39 is 4.92 Å². The number of carbonyl (C=O) groups excluding carboxylic acids is 3. The summed E-state index contributed by atoms with van der Waals surface area (Å²) in [6.45, 7) is 1.68. The van der Waals surface area contributed by atoms with Crippen molar-refractivity contribution in [2.45, 2.75) is 13.3 Å². The first-order valence-electron chi connectivity index (χ1n) is 10.1. The summed E-state index contributed by atoms with van der Waals surface area (Å²) in [5.41, 5.74) is 1.81. The Bertz CT molecular complexity index is 1140. The standard InChI is InChI=1S/C23H19N3O5/c1-12-10-17(26(30)31)8-9-18(12)24-21(27)13-4-6-16(7-5-13)25-22(28)19-14-2-3-15(11-14)20(19)23(25)29/h2-10,14-15,19-20H,11H2,1H3,(H,24,27)/t14-,15-,19-,20-/m0/s1. The summed E-state index contributed by atoms with van der Waals surface area (Å²) in [7, 11) is 0. The Morgan fingerprint density at radius 3 is 2.19 bits per heavy atom. The topological polar surface area (TPSA) is 110 Å². The number of nitro benzene ring substituents is 1. The Kier molecular flexibility index (Phi) is 4.25. The fourth-order valence-electron chi connectivity index (χ4n) is 5.01. The predicted octanol–water partition coefficient (Wildman–Crippen LogP) is 3.47. The van der Waals surface area contributed by atoms with E-state index in [1.54, 1.807) is 31.2 Å². The lowest BCUT2D eigenvalue weighted by molar-refractivity contribution is -0.384. The highest BCUT2D eigenvalue weighted by molar-refractivity contribution is 6.23. The molecule has 1 saturated carbocycles. The molecule has 1 aliphatic heterocycles. The minimum atomic E-state index is -0.492. The number of hydrogen-bond acceptors (Lipinski definition) is 5. The maximum Gasteiger partial charge on any atom is 0.269 e. The van der Waals surface area contributed by atoms with Gasteiger partial charge in [-0.1, -0.05) is 12.2 Å². The van der Waals surface area contributed by atoms with Crippen LogP contribution in [0.25, 0.3) is 0 Å². The molecule has 0 unspecified atom stereocenters. The third kappa shape index (κ3) is 2.94. The van der Waals surface area contributed by atoms with E-state index in [1.807, 2.05) is 12.2 Å². The van der Waals surface area contributed by atoms with Crippen molar-refractivity contribution in [1.82, 2.24) is 0 Å². The molecular formula is C23H19N3O5. The molecule has 1 N–H and O–H groups in total. The number of nitro groups is 1. The van der Waals surface area contributed by atoms with Crippen molar-refractivity contribution >= 4 is 34.8 Å². The fraction of sp³-hybridized carbons (Fsp3) is 0.261. The van der Waals surface area contributed by atoms with Gasteiger partial charge < -0.3 is 5.32 Å². The van der Waals surface area contributed by atoms with Crippen LogP contribution >= 0.6 is 0 Å². The molecule has 0 aromatic heterocycles. The highest BCUT2D eigenvalue weighted by Gasteiger charge is 2.59. The van der Waals surface area contributed by atoms with Crippen LogP contribution in [0.4, 0.5) is 17.1 Å². The van der Waals surface area contributed by atoms with Gasteiger partial charge in [0, 0.05) is 23.4 Å². The summed E-state index contributed by atoms with van der Waals surface area (Å²) in [5, 5.41) is 13.6.